The largest absolute Gasteiger partial charge is 0.436 e. The molecule has 2 nitrogen and oxygen atoms in total. The number of halogens is 1. The molecule has 0 atom stereocenters. The summed E-state index contributed by atoms with van der Waals surface area (Å²) in [4.78, 5) is 0. The van der Waals surface area contributed by atoms with Gasteiger partial charge in [0.1, 0.15) is 5.75 Å². The van der Waals surface area contributed by atoms with Crippen LogP contribution in [0, 0.1) is 0 Å². The van der Waals surface area contributed by atoms with Crippen molar-refractivity contribution in [1.82, 2.24) is 0 Å². The van der Waals surface area contributed by atoms with Gasteiger partial charge in [0.15, 0.2) is 0 Å². The predicted molar refractivity (Wildman–Crippen MR) is 65.6 cm³/mol. The van der Waals surface area contributed by atoms with Crippen LogP contribution in [-0.2, 0) is 5.41 Å². The van der Waals surface area contributed by atoms with E-state index in [-0.39, 0.29) is 16.5 Å². The summed E-state index contributed by atoms with van der Waals surface area (Å²) in [6.45, 7) is 4.03. The lowest BCUT2D eigenvalue weighted by molar-refractivity contribution is 0.218. The molecule has 0 amide bonds. The zero-order valence-electron chi connectivity index (χ0n) is 8.66. The van der Waals surface area contributed by atoms with E-state index in [2.05, 4.69) is 12.2 Å². The number of ether oxygens (including phenoxy) is 1. The van der Waals surface area contributed by atoms with E-state index in [9.17, 15) is 5.11 Å². The van der Waals surface area contributed by atoms with Gasteiger partial charge >= 0.3 is 0 Å². The van der Waals surface area contributed by atoms with Crippen LogP contribution in [0.25, 0.3) is 0 Å². The van der Waals surface area contributed by atoms with Crippen LogP contribution >= 0.6 is 23.8 Å². The fourth-order valence-electron chi connectivity index (χ4n) is 1.16. The highest BCUT2D eigenvalue weighted by Gasteiger charge is 2.18. The van der Waals surface area contributed by atoms with Crippen LogP contribution in [0.3, 0.4) is 0 Å². The van der Waals surface area contributed by atoms with E-state index in [0.29, 0.717) is 5.75 Å². The molecule has 1 aromatic carbocycles. The highest BCUT2D eigenvalue weighted by molar-refractivity contribution is 7.82. The number of aliphatic hydroxyl groups excluding tert-OH is 1. The molecule has 0 heterocycles. The van der Waals surface area contributed by atoms with E-state index in [4.69, 9.17) is 16.3 Å². The minimum Gasteiger partial charge on any atom is -0.436 e. The Kier molecular flexibility index (Phi) is 4.08. The lowest BCUT2D eigenvalue weighted by atomic mass is 9.86. The zero-order valence-corrected chi connectivity index (χ0v) is 10.2. The standard InChI is InChI=1S/C11H13ClO2S/c1-11(2,7-13)8-3-5-9(6-4-8)14-10(12)15/h3-6,13H,7H2,1-2H3. The third-order valence-electron chi connectivity index (χ3n) is 2.23. The average Bonchev–Trinajstić information content (AvgIpc) is 2.18. The highest BCUT2D eigenvalue weighted by Crippen LogP contribution is 2.24. The molecule has 0 saturated carbocycles. The molecule has 0 radical (unpaired) electrons. The van der Waals surface area contributed by atoms with E-state index >= 15 is 0 Å². The Morgan fingerprint density at radius 2 is 1.93 bits per heavy atom. The first-order valence-corrected chi connectivity index (χ1v) is 5.33. The number of aliphatic hydroxyl groups is 1. The van der Waals surface area contributed by atoms with Crippen LogP contribution in [0.2, 0.25) is 0 Å². The maximum Gasteiger partial charge on any atom is 0.260 e. The predicted octanol–water partition coefficient (Wildman–Crippen LogP) is 2.86. The smallest absolute Gasteiger partial charge is 0.260 e. The summed E-state index contributed by atoms with van der Waals surface area (Å²) in [5, 5.41) is 9.19. The van der Waals surface area contributed by atoms with Crippen molar-refractivity contribution in [1.29, 1.82) is 0 Å². The SMILES string of the molecule is CC(C)(CO)c1ccc(OC(=S)Cl)cc1. The molecule has 0 fully saturated rings. The van der Waals surface area contributed by atoms with Crippen molar-refractivity contribution in [3.8, 4) is 5.75 Å². The first-order valence-electron chi connectivity index (χ1n) is 4.54. The second-order valence-corrected chi connectivity index (χ2v) is 4.84. The third kappa shape index (κ3) is 3.45. The lowest BCUT2D eigenvalue weighted by Crippen LogP contribution is -2.21. The average molecular weight is 245 g/mol. The van der Waals surface area contributed by atoms with Crippen molar-refractivity contribution in [2.75, 3.05) is 6.61 Å². The van der Waals surface area contributed by atoms with Crippen LogP contribution in [0.15, 0.2) is 24.3 Å². The first-order chi connectivity index (χ1) is 6.95. The van der Waals surface area contributed by atoms with Crippen LogP contribution in [0.1, 0.15) is 19.4 Å². The molecule has 0 saturated heterocycles. The molecule has 0 aliphatic carbocycles. The fraction of sp³-hybridized carbons (Fsp3) is 0.364. The van der Waals surface area contributed by atoms with Crippen molar-refractivity contribution in [2.45, 2.75) is 19.3 Å². The Labute approximate surface area is 99.8 Å². The molecule has 1 aromatic rings. The normalized spacial score (nSPS) is 11.2. The number of hydrogen-bond donors (Lipinski definition) is 1. The molecule has 15 heavy (non-hydrogen) atoms. The Balaban J connectivity index is 2.85. The molecule has 1 rings (SSSR count). The molecular weight excluding hydrogens is 232 g/mol. The summed E-state index contributed by atoms with van der Waals surface area (Å²) in [6.07, 6.45) is 0. The molecule has 82 valence electrons. The van der Waals surface area contributed by atoms with Gasteiger partial charge in [-0.25, -0.2) is 0 Å². The second kappa shape index (κ2) is 4.92. The topological polar surface area (TPSA) is 29.5 Å². The summed E-state index contributed by atoms with van der Waals surface area (Å²) in [5.74, 6) is 0.604. The molecule has 0 unspecified atom stereocenters. The van der Waals surface area contributed by atoms with E-state index in [1.807, 2.05) is 26.0 Å². The van der Waals surface area contributed by atoms with Gasteiger partial charge in [0, 0.05) is 5.41 Å². The number of hydrogen-bond acceptors (Lipinski definition) is 3. The number of rotatable bonds is 3. The van der Waals surface area contributed by atoms with Gasteiger partial charge in [-0.3, -0.25) is 0 Å². The molecular formula is C11H13ClO2S. The molecule has 0 spiro atoms. The Morgan fingerprint density at radius 3 is 2.33 bits per heavy atom. The summed E-state index contributed by atoms with van der Waals surface area (Å²) in [5.41, 5.74) is 0.790. The second-order valence-electron chi connectivity index (χ2n) is 3.91. The maximum atomic E-state index is 9.19. The summed E-state index contributed by atoms with van der Waals surface area (Å²) in [6, 6.07) is 7.34. The zero-order chi connectivity index (χ0) is 11.5. The van der Waals surface area contributed by atoms with Crippen molar-refractivity contribution in [3.63, 3.8) is 0 Å². The lowest BCUT2D eigenvalue weighted by Gasteiger charge is -2.22. The van der Waals surface area contributed by atoms with E-state index < -0.39 is 0 Å². The minimum absolute atomic E-state index is 0.0239. The maximum absolute atomic E-state index is 9.19. The van der Waals surface area contributed by atoms with Gasteiger partial charge in [-0.2, -0.15) is 0 Å². The van der Waals surface area contributed by atoms with E-state index in [1.165, 1.54) is 0 Å². The summed E-state index contributed by atoms with van der Waals surface area (Å²) < 4.78 is 5.03. The molecule has 0 bridgehead atoms. The highest BCUT2D eigenvalue weighted by atomic mass is 35.5. The van der Waals surface area contributed by atoms with Gasteiger partial charge in [-0.1, -0.05) is 26.0 Å². The number of benzene rings is 1. The minimum atomic E-state index is -0.250. The van der Waals surface area contributed by atoms with Gasteiger partial charge in [-0.05, 0) is 41.5 Å². The van der Waals surface area contributed by atoms with Crippen LogP contribution in [0.4, 0.5) is 0 Å². The molecule has 0 aliphatic heterocycles. The molecule has 1 N–H and O–H groups in total. The van der Waals surface area contributed by atoms with Crippen molar-refractivity contribution >= 4 is 28.3 Å². The summed E-state index contributed by atoms with van der Waals surface area (Å²) in [7, 11) is 0. The van der Waals surface area contributed by atoms with Gasteiger partial charge < -0.3 is 9.84 Å². The number of thiocarbonyl (C=S) groups is 1. The quantitative estimate of drug-likeness (QED) is 0.655. The van der Waals surface area contributed by atoms with Gasteiger partial charge in [0.2, 0.25) is 0 Å². The van der Waals surface area contributed by atoms with Crippen molar-refractivity contribution in [2.24, 2.45) is 0 Å². The van der Waals surface area contributed by atoms with E-state index in [1.54, 1.807) is 12.1 Å². The monoisotopic (exact) mass is 244 g/mol. The molecule has 4 heteroatoms. The molecule has 0 aromatic heterocycles. The van der Waals surface area contributed by atoms with Crippen molar-refractivity contribution in [3.05, 3.63) is 29.8 Å². The van der Waals surface area contributed by atoms with Gasteiger partial charge in [0.25, 0.3) is 4.51 Å². The fourth-order valence-corrected chi connectivity index (χ4v) is 1.34. The van der Waals surface area contributed by atoms with Crippen molar-refractivity contribution < 1.29 is 9.84 Å². The Bertz CT molecular complexity index is 346. The Hall–Kier alpha value is -0.640. The Morgan fingerprint density at radius 1 is 1.40 bits per heavy atom. The first kappa shape index (κ1) is 12.4. The molecule has 0 aliphatic rings. The van der Waals surface area contributed by atoms with Crippen LogP contribution in [-0.4, -0.2) is 16.2 Å². The van der Waals surface area contributed by atoms with Gasteiger partial charge in [-0.15, -0.1) is 0 Å². The van der Waals surface area contributed by atoms with Crippen LogP contribution in [0.5, 0.6) is 5.75 Å². The summed E-state index contributed by atoms with van der Waals surface area (Å²) >= 11 is 10.0. The van der Waals surface area contributed by atoms with Gasteiger partial charge in [0.05, 0.1) is 6.61 Å². The van der Waals surface area contributed by atoms with Crippen LogP contribution < -0.4 is 4.74 Å². The third-order valence-corrected chi connectivity index (χ3v) is 2.39. The van der Waals surface area contributed by atoms with E-state index in [0.717, 1.165) is 5.56 Å².